The highest BCUT2D eigenvalue weighted by atomic mass is 32.2. The molecule has 0 saturated carbocycles. The van der Waals surface area contributed by atoms with Gasteiger partial charge in [0.2, 0.25) is 10.0 Å². The van der Waals surface area contributed by atoms with E-state index in [1.54, 1.807) is 0 Å². The van der Waals surface area contributed by atoms with Gasteiger partial charge in [-0.2, -0.15) is 0 Å². The zero-order valence-electron chi connectivity index (χ0n) is 13.7. The molecule has 0 aliphatic rings. The smallest absolute Gasteiger partial charge is 0.338 e. The van der Waals surface area contributed by atoms with Crippen LogP contribution in [0.25, 0.3) is 0 Å². The van der Waals surface area contributed by atoms with Gasteiger partial charge in [-0.15, -0.1) is 0 Å². The molecule has 24 heavy (non-hydrogen) atoms. The van der Waals surface area contributed by atoms with Gasteiger partial charge in [-0.1, -0.05) is 23.8 Å². The molecule has 0 aromatic heterocycles. The maximum absolute atomic E-state index is 12.2. The summed E-state index contributed by atoms with van der Waals surface area (Å²) in [5.74, 6) is -0.563. The zero-order chi connectivity index (χ0) is 17.9. The number of aryl methyl sites for hydroxylation is 2. The maximum Gasteiger partial charge on any atom is 0.338 e. The topological polar surface area (TPSA) is 95.7 Å². The molecule has 0 aliphatic heterocycles. The fraction of sp³-hybridized carbons (Fsp3) is 0.235. The van der Waals surface area contributed by atoms with Crippen molar-refractivity contribution in [2.45, 2.75) is 25.3 Å². The number of hydrogen-bond acceptors (Lipinski definition) is 5. The summed E-state index contributed by atoms with van der Waals surface area (Å²) in [4.78, 5) is 11.9. The van der Waals surface area contributed by atoms with Crippen molar-refractivity contribution < 1.29 is 22.7 Å². The van der Waals surface area contributed by atoms with E-state index in [0.717, 1.165) is 22.8 Å². The summed E-state index contributed by atoms with van der Waals surface area (Å²) in [7, 11) is -2.69. The summed E-state index contributed by atoms with van der Waals surface area (Å²) in [6.45, 7) is 3.98. The molecule has 2 aromatic carbocycles. The summed E-state index contributed by atoms with van der Waals surface area (Å²) < 4.78 is 33.4. The minimum absolute atomic E-state index is 0.0728. The van der Waals surface area contributed by atoms with E-state index in [1.807, 2.05) is 32.0 Å². The Morgan fingerprint density at radius 2 is 1.83 bits per heavy atom. The molecule has 128 valence electrons. The summed E-state index contributed by atoms with van der Waals surface area (Å²) in [6, 6.07) is 9.81. The van der Waals surface area contributed by atoms with Gasteiger partial charge >= 0.3 is 5.97 Å². The first kappa shape index (κ1) is 18.0. The molecule has 0 radical (unpaired) electrons. The fourth-order valence-electron chi connectivity index (χ4n) is 2.21. The average Bonchev–Trinajstić information content (AvgIpc) is 2.54. The number of nitrogens with two attached hydrogens (primary N) is 1. The second-order valence-corrected chi connectivity index (χ2v) is 6.95. The Bertz CT molecular complexity index is 875. The first-order valence-electron chi connectivity index (χ1n) is 7.16. The molecule has 7 heteroatoms. The molecule has 0 aliphatic carbocycles. The minimum atomic E-state index is -4.01. The summed E-state index contributed by atoms with van der Waals surface area (Å²) >= 11 is 0. The Balaban J connectivity index is 2.23. The third kappa shape index (κ3) is 4.12. The van der Waals surface area contributed by atoms with Crippen molar-refractivity contribution in [1.82, 2.24) is 0 Å². The molecule has 2 rings (SSSR count). The number of primary sulfonamides is 1. The van der Waals surface area contributed by atoms with Crippen LogP contribution in [0.2, 0.25) is 0 Å². The lowest BCUT2D eigenvalue weighted by molar-refractivity contribution is 0.0471. The van der Waals surface area contributed by atoms with Crippen molar-refractivity contribution in [1.29, 1.82) is 0 Å². The zero-order valence-corrected chi connectivity index (χ0v) is 14.5. The van der Waals surface area contributed by atoms with E-state index in [2.05, 4.69) is 0 Å². The molecule has 0 atom stereocenters. The van der Waals surface area contributed by atoms with E-state index < -0.39 is 16.0 Å². The van der Waals surface area contributed by atoms with Crippen LogP contribution in [0.3, 0.4) is 0 Å². The third-order valence-electron chi connectivity index (χ3n) is 3.57. The molecule has 0 amide bonds. The largest absolute Gasteiger partial charge is 0.495 e. The SMILES string of the molecule is COc1ccc(C(=O)OCc2cc(C)ccc2C)cc1S(N)(=O)=O. The molecule has 0 heterocycles. The highest BCUT2D eigenvalue weighted by molar-refractivity contribution is 7.89. The molecule has 0 saturated heterocycles. The average molecular weight is 349 g/mol. The van der Waals surface area contributed by atoms with Crippen molar-refractivity contribution in [2.24, 2.45) is 5.14 Å². The normalized spacial score (nSPS) is 11.2. The third-order valence-corrected chi connectivity index (χ3v) is 4.50. The molecular formula is C17H19NO5S. The second-order valence-electron chi connectivity index (χ2n) is 5.42. The predicted molar refractivity (Wildman–Crippen MR) is 89.4 cm³/mol. The van der Waals surface area contributed by atoms with Gasteiger partial charge < -0.3 is 9.47 Å². The highest BCUT2D eigenvalue weighted by Gasteiger charge is 2.19. The Hall–Kier alpha value is -2.38. The number of methoxy groups -OCH3 is 1. The summed E-state index contributed by atoms with van der Waals surface area (Å²) in [5.41, 5.74) is 3.05. The molecule has 0 fully saturated rings. The van der Waals surface area contributed by atoms with Crippen LogP contribution in [0.5, 0.6) is 5.75 Å². The predicted octanol–water partition coefficient (Wildman–Crippen LogP) is 2.32. The number of carbonyl (C=O) groups is 1. The minimum Gasteiger partial charge on any atom is -0.495 e. The quantitative estimate of drug-likeness (QED) is 0.836. The fourth-order valence-corrected chi connectivity index (χ4v) is 2.93. The van der Waals surface area contributed by atoms with Crippen molar-refractivity contribution in [3.63, 3.8) is 0 Å². The molecule has 2 aromatic rings. The highest BCUT2D eigenvalue weighted by Crippen LogP contribution is 2.24. The number of esters is 1. The molecule has 0 bridgehead atoms. The first-order valence-corrected chi connectivity index (χ1v) is 8.71. The standard InChI is InChI=1S/C17H19NO5S/c1-11-4-5-12(2)14(8-11)10-23-17(19)13-6-7-15(22-3)16(9-13)24(18,20)21/h4-9H,10H2,1-3H3,(H2,18,20,21). The number of sulfonamides is 1. The Labute approximate surface area is 141 Å². The van der Waals surface area contributed by atoms with Crippen molar-refractivity contribution in [3.05, 3.63) is 58.7 Å². The molecular weight excluding hydrogens is 330 g/mol. The Morgan fingerprint density at radius 1 is 1.12 bits per heavy atom. The van der Waals surface area contributed by atoms with E-state index in [-0.39, 0.29) is 22.8 Å². The first-order chi connectivity index (χ1) is 11.2. The van der Waals surface area contributed by atoms with Gasteiger partial charge in [0.25, 0.3) is 0 Å². The van der Waals surface area contributed by atoms with E-state index in [9.17, 15) is 13.2 Å². The van der Waals surface area contributed by atoms with Gasteiger partial charge in [0.1, 0.15) is 17.3 Å². The van der Waals surface area contributed by atoms with E-state index in [0.29, 0.717) is 0 Å². The van der Waals surface area contributed by atoms with Gasteiger partial charge in [-0.05, 0) is 43.2 Å². The van der Waals surface area contributed by atoms with Crippen molar-refractivity contribution in [3.8, 4) is 5.75 Å². The van der Waals surface area contributed by atoms with Crippen LogP contribution in [-0.4, -0.2) is 21.5 Å². The van der Waals surface area contributed by atoms with Crippen LogP contribution in [0.1, 0.15) is 27.0 Å². The molecule has 0 unspecified atom stereocenters. The molecule has 6 nitrogen and oxygen atoms in total. The van der Waals surface area contributed by atoms with Gasteiger partial charge in [-0.3, -0.25) is 0 Å². The van der Waals surface area contributed by atoms with Gasteiger partial charge in [0.05, 0.1) is 12.7 Å². The number of benzene rings is 2. The number of carbonyl (C=O) groups excluding carboxylic acids is 1. The lowest BCUT2D eigenvalue weighted by atomic mass is 10.1. The van der Waals surface area contributed by atoms with Gasteiger partial charge in [0, 0.05) is 0 Å². The molecule has 2 N–H and O–H groups in total. The van der Waals surface area contributed by atoms with Crippen LogP contribution >= 0.6 is 0 Å². The summed E-state index contributed by atoms with van der Waals surface area (Å²) in [6.07, 6.45) is 0. The Kier molecular flexibility index (Phi) is 5.26. The monoisotopic (exact) mass is 349 g/mol. The van der Waals surface area contributed by atoms with Crippen LogP contribution < -0.4 is 9.88 Å². The number of ether oxygens (including phenoxy) is 2. The number of rotatable bonds is 5. The van der Waals surface area contributed by atoms with Gasteiger partial charge in [-0.25, -0.2) is 18.4 Å². The summed E-state index contributed by atoms with van der Waals surface area (Å²) in [5, 5.41) is 5.14. The second kappa shape index (κ2) is 7.02. The van der Waals surface area contributed by atoms with E-state index >= 15 is 0 Å². The Morgan fingerprint density at radius 3 is 2.46 bits per heavy atom. The molecule has 0 spiro atoms. The van der Waals surface area contributed by atoms with Crippen LogP contribution in [0, 0.1) is 13.8 Å². The van der Waals surface area contributed by atoms with Gasteiger partial charge in [0.15, 0.2) is 0 Å². The van der Waals surface area contributed by atoms with Crippen LogP contribution in [0.4, 0.5) is 0 Å². The van der Waals surface area contributed by atoms with Crippen LogP contribution in [0.15, 0.2) is 41.3 Å². The lowest BCUT2D eigenvalue weighted by Gasteiger charge is -2.11. The lowest BCUT2D eigenvalue weighted by Crippen LogP contribution is -2.15. The van der Waals surface area contributed by atoms with Crippen molar-refractivity contribution in [2.75, 3.05) is 7.11 Å². The van der Waals surface area contributed by atoms with Crippen molar-refractivity contribution >= 4 is 16.0 Å². The van der Waals surface area contributed by atoms with E-state index in [1.165, 1.54) is 19.2 Å². The number of hydrogen-bond donors (Lipinski definition) is 1. The maximum atomic E-state index is 12.2. The van der Waals surface area contributed by atoms with E-state index in [4.69, 9.17) is 14.6 Å². The van der Waals surface area contributed by atoms with Crippen LogP contribution in [-0.2, 0) is 21.4 Å².